The molecule has 0 saturated heterocycles. The van der Waals surface area contributed by atoms with Gasteiger partial charge in [-0.3, -0.25) is 0 Å². The normalized spacial score (nSPS) is 12.7. The van der Waals surface area contributed by atoms with Gasteiger partial charge in [0, 0.05) is 5.56 Å². The molecule has 0 fully saturated rings. The smallest absolute Gasteiger partial charge is 0.131 e. The molecule has 2 aromatic carbocycles. The summed E-state index contributed by atoms with van der Waals surface area (Å²) in [5, 5.41) is 0. The van der Waals surface area contributed by atoms with Crippen LogP contribution in [0.4, 0.5) is 4.39 Å². The standard InChI is InChI=1S/C22H29FO/c1-14(2)11-17-7-9-19(20(12-17)16(5)15(3)4)21-13-18(24-6)8-10-22(21)23/h7-10,12-16H,11H2,1-6H3. The monoisotopic (exact) mass is 328 g/mol. The van der Waals surface area contributed by atoms with E-state index in [0.29, 0.717) is 29.1 Å². The predicted octanol–water partition coefficient (Wildman–Crippen LogP) is 6.46. The third-order valence-electron chi connectivity index (χ3n) is 4.71. The van der Waals surface area contributed by atoms with Crippen molar-refractivity contribution in [3.05, 3.63) is 53.3 Å². The summed E-state index contributed by atoms with van der Waals surface area (Å²) in [6.07, 6.45) is 1.04. The van der Waals surface area contributed by atoms with E-state index in [2.05, 4.69) is 52.8 Å². The number of hydrogen-bond donors (Lipinski definition) is 0. The first-order chi connectivity index (χ1) is 11.3. The van der Waals surface area contributed by atoms with Crippen molar-refractivity contribution in [3.8, 4) is 16.9 Å². The molecule has 2 heteroatoms. The molecule has 1 unspecified atom stereocenters. The highest BCUT2D eigenvalue weighted by Gasteiger charge is 2.18. The van der Waals surface area contributed by atoms with Gasteiger partial charge in [0.2, 0.25) is 0 Å². The Hall–Kier alpha value is -1.83. The van der Waals surface area contributed by atoms with E-state index in [9.17, 15) is 4.39 Å². The van der Waals surface area contributed by atoms with Crippen molar-refractivity contribution in [2.75, 3.05) is 7.11 Å². The maximum absolute atomic E-state index is 14.5. The zero-order valence-electron chi connectivity index (χ0n) is 15.7. The van der Waals surface area contributed by atoms with Gasteiger partial charge >= 0.3 is 0 Å². The second-order valence-corrected chi connectivity index (χ2v) is 7.40. The Balaban J connectivity index is 2.60. The van der Waals surface area contributed by atoms with Crippen LogP contribution in [0.3, 0.4) is 0 Å². The van der Waals surface area contributed by atoms with E-state index in [1.807, 2.05) is 0 Å². The molecular weight excluding hydrogens is 299 g/mol. The summed E-state index contributed by atoms with van der Waals surface area (Å²) < 4.78 is 19.8. The quantitative estimate of drug-likeness (QED) is 0.591. The molecule has 0 N–H and O–H groups in total. The Kier molecular flexibility index (Phi) is 6.04. The van der Waals surface area contributed by atoms with Crippen molar-refractivity contribution >= 4 is 0 Å². The lowest BCUT2D eigenvalue weighted by Crippen LogP contribution is -2.06. The molecule has 0 heterocycles. The van der Waals surface area contributed by atoms with Gasteiger partial charge in [0.1, 0.15) is 11.6 Å². The van der Waals surface area contributed by atoms with Crippen molar-refractivity contribution in [2.45, 2.75) is 47.0 Å². The first-order valence-corrected chi connectivity index (χ1v) is 8.80. The van der Waals surface area contributed by atoms with E-state index < -0.39 is 0 Å². The van der Waals surface area contributed by atoms with Gasteiger partial charge in [-0.1, -0.05) is 52.8 Å². The number of halogens is 1. The van der Waals surface area contributed by atoms with Gasteiger partial charge in [-0.25, -0.2) is 4.39 Å². The highest BCUT2D eigenvalue weighted by molar-refractivity contribution is 5.70. The summed E-state index contributed by atoms with van der Waals surface area (Å²) in [6.45, 7) is 11.1. The molecule has 0 amide bonds. The highest BCUT2D eigenvalue weighted by Crippen LogP contribution is 2.36. The van der Waals surface area contributed by atoms with E-state index in [1.165, 1.54) is 17.2 Å². The maximum atomic E-state index is 14.5. The molecule has 24 heavy (non-hydrogen) atoms. The van der Waals surface area contributed by atoms with Crippen LogP contribution in [0.5, 0.6) is 5.75 Å². The molecule has 0 spiro atoms. The molecule has 2 aromatic rings. The number of rotatable bonds is 6. The molecule has 0 radical (unpaired) electrons. The molecule has 0 aliphatic rings. The minimum absolute atomic E-state index is 0.204. The zero-order chi connectivity index (χ0) is 17.9. The van der Waals surface area contributed by atoms with Crippen molar-refractivity contribution in [1.82, 2.24) is 0 Å². The fraction of sp³-hybridized carbons (Fsp3) is 0.455. The largest absolute Gasteiger partial charge is 0.497 e. The SMILES string of the molecule is COc1ccc(F)c(-c2ccc(CC(C)C)cc2C(C)C(C)C)c1. The van der Waals surface area contributed by atoms with Crippen molar-refractivity contribution in [2.24, 2.45) is 11.8 Å². The van der Waals surface area contributed by atoms with Crippen LogP contribution in [0.25, 0.3) is 11.1 Å². The molecule has 0 bridgehead atoms. The van der Waals surface area contributed by atoms with Crippen molar-refractivity contribution < 1.29 is 9.13 Å². The van der Waals surface area contributed by atoms with Gasteiger partial charge in [0.25, 0.3) is 0 Å². The molecular formula is C22H29FO. The van der Waals surface area contributed by atoms with Gasteiger partial charge < -0.3 is 4.74 Å². The number of benzene rings is 2. The molecule has 1 atom stereocenters. The minimum atomic E-state index is -0.204. The fourth-order valence-corrected chi connectivity index (χ4v) is 3.03. The summed E-state index contributed by atoms with van der Waals surface area (Å²) in [5.41, 5.74) is 4.13. The van der Waals surface area contributed by atoms with Crippen LogP contribution in [0, 0.1) is 17.7 Å². The minimum Gasteiger partial charge on any atom is -0.497 e. The van der Waals surface area contributed by atoms with E-state index in [4.69, 9.17) is 4.74 Å². The Morgan fingerprint density at radius 2 is 1.62 bits per heavy atom. The third-order valence-corrected chi connectivity index (χ3v) is 4.71. The van der Waals surface area contributed by atoms with Gasteiger partial charge in [0.05, 0.1) is 7.11 Å². The number of methoxy groups -OCH3 is 1. The number of hydrogen-bond acceptors (Lipinski definition) is 1. The van der Waals surface area contributed by atoms with E-state index in [-0.39, 0.29) is 5.82 Å². The molecule has 0 aliphatic heterocycles. The van der Waals surface area contributed by atoms with Gasteiger partial charge in [0.15, 0.2) is 0 Å². The van der Waals surface area contributed by atoms with Crippen LogP contribution in [0.1, 0.15) is 51.7 Å². The topological polar surface area (TPSA) is 9.23 Å². The molecule has 0 aromatic heterocycles. The fourth-order valence-electron chi connectivity index (χ4n) is 3.03. The average Bonchev–Trinajstić information content (AvgIpc) is 2.54. The van der Waals surface area contributed by atoms with Crippen LogP contribution in [0.2, 0.25) is 0 Å². The van der Waals surface area contributed by atoms with Crippen molar-refractivity contribution in [1.29, 1.82) is 0 Å². The van der Waals surface area contributed by atoms with E-state index >= 15 is 0 Å². The van der Waals surface area contributed by atoms with E-state index in [1.54, 1.807) is 19.2 Å². The molecule has 130 valence electrons. The maximum Gasteiger partial charge on any atom is 0.131 e. The Bertz CT molecular complexity index is 688. The summed E-state index contributed by atoms with van der Waals surface area (Å²) >= 11 is 0. The van der Waals surface area contributed by atoms with Gasteiger partial charge in [-0.05, 0) is 59.1 Å². The summed E-state index contributed by atoms with van der Waals surface area (Å²) in [5.74, 6) is 1.93. The molecule has 0 saturated carbocycles. The highest BCUT2D eigenvalue weighted by atomic mass is 19.1. The van der Waals surface area contributed by atoms with Crippen LogP contribution in [-0.4, -0.2) is 7.11 Å². The van der Waals surface area contributed by atoms with Gasteiger partial charge in [-0.2, -0.15) is 0 Å². The van der Waals surface area contributed by atoms with E-state index in [0.717, 1.165) is 12.0 Å². The second-order valence-electron chi connectivity index (χ2n) is 7.40. The Labute approximate surface area is 145 Å². The Morgan fingerprint density at radius 3 is 2.21 bits per heavy atom. The zero-order valence-corrected chi connectivity index (χ0v) is 15.7. The van der Waals surface area contributed by atoms with Crippen LogP contribution >= 0.6 is 0 Å². The van der Waals surface area contributed by atoms with Crippen LogP contribution < -0.4 is 4.74 Å². The lowest BCUT2D eigenvalue weighted by Gasteiger charge is -2.22. The molecule has 0 aliphatic carbocycles. The molecule has 2 rings (SSSR count). The predicted molar refractivity (Wildman–Crippen MR) is 100 cm³/mol. The first kappa shape index (κ1) is 18.5. The lowest BCUT2D eigenvalue weighted by atomic mass is 9.83. The average molecular weight is 328 g/mol. The van der Waals surface area contributed by atoms with Gasteiger partial charge in [-0.15, -0.1) is 0 Å². The summed E-state index contributed by atoms with van der Waals surface area (Å²) in [4.78, 5) is 0. The summed E-state index contributed by atoms with van der Waals surface area (Å²) in [7, 11) is 1.61. The van der Waals surface area contributed by atoms with Crippen LogP contribution in [-0.2, 0) is 6.42 Å². The second kappa shape index (κ2) is 7.83. The lowest BCUT2D eigenvalue weighted by molar-refractivity contribution is 0.414. The van der Waals surface area contributed by atoms with Crippen LogP contribution in [0.15, 0.2) is 36.4 Å². The summed E-state index contributed by atoms with van der Waals surface area (Å²) in [6, 6.07) is 11.4. The molecule has 1 nitrogen and oxygen atoms in total. The number of ether oxygens (including phenoxy) is 1. The van der Waals surface area contributed by atoms with Crippen molar-refractivity contribution in [3.63, 3.8) is 0 Å². The first-order valence-electron chi connectivity index (χ1n) is 8.80. The third kappa shape index (κ3) is 4.17. The Morgan fingerprint density at radius 1 is 0.917 bits per heavy atom.